The molecule has 0 heterocycles. The number of nitrogens with two attached hydrogens (primary N) is 1. The van der Waals surface area contributed by atoms with Crippen molar-refractivity contribution in [3.63, 3.8) is 0 Å². The Labute approximate surface area is 76.3 Å². The molecule has 0 saturated carbocycles. The third-order valence-corrected chi connectivity index (χ3v) is 2.05. The molecule has 64 valence electrons. The Morgan fingerprint density at radius 1 is 1.50 bits per heavy atom. The summed E-state index contributed by atoms with van der Waals surface area (Å²) < 4.78 is 0. The van der Waals surface area contributed by atoms with Crippen LogP contribution >= 0.6 is 11.6 Å². The van der Waals surface area contributed by atoms with Gasteiger partial charge in [-0.05, 0) is 31.5 Å². The van der Waals surface area contributed by atoms with Gasteiger partial charge in [0.15, 0.2) is 5.78 Å². The summed E-state index contributed by atoms with van der Waals surface area (Å²) in [5.41, 5.74) is 7.49. The van der Waals surface area contributed by atoms with Crippen molar-refractivity contribution >= 4 is 23.1 Å². The second-order valence-corrected chi connectivity index (χ2v) is 3.15. The molecule has 3 heteroatoms. The number of benzene rings is 1. The topological polar surface area (TPSA) is 43.1 Å². The van der Waals surface area contributed by atoms with Crippen molar-refractivity contribution in [1.29, 1.82) is 0 Å². The van der Waals surface area contributed by atoms with Crippen LogP contribution in [0.1, 0.15) is 22.8 Å². The Morgan fingerprint density at radius 2 is 2.08 bits per heavy atom. The monoisotopic (exact) mass is 183 g/mol. The van der Waals surface area contributed by atoms with Crippen LogP contribution in [0.5, 0.6) is 0 Å². The lowest BCUT2D eigenvalue weighted by Gasteiger charge is -2.04. The van der Waals surface area contributed by atoms with Crippen molar-refractivity contribution in [2.45, 2.75) is 13.8 Å². The molecule has 0 amide bonds. The minimum absolute atomic E-state index is 0.0101. The summed E-state index contributed by atoms with van der Waals surface area (Å²) in [4.78, 5) is 11.0. The molecule has 0 spiro atoms. The van der Waals surface area contributed by atoms with Gasteiger partial charge in [-0.25, -0.2) is 0 Å². The highest BCUT2D eigenvalue weighted by Gasteiger charge is 2.06. The summed E-state index contributed by atoms with van der Waals surface area (Å²) in [5.74, 6) is 0.0101. The summed E-state index contributed by atoms with van der Waals surface area (Å²) in [6.07, 6.45) is 0. The first-order chi connectivity index (χ1) is 5.52. The summed E-state index contributed by atoms with van der Waals surface area (Å²) in [5, 5.41) is 0.498. The fraction of sp³-hybridized carbons (Fsp3) is 0.222. The van der Waals surface area contributed by atoms with Gasteiger partial charge in [0.1, 0.15) is 0 Å². The fourth-order valence-corrected chi connectivity index (χ4v) is 1.29. The zero-order valence-electron chi connectivity index (χ0n) is 7.02. The van der Waals surface area contributed by atoms with Gasteiger partial charge in [-0.1, -0.05) is 11.6 Å². The van der Waals surface area contributed by atoms with Gasteiger partial charge < -0.3 is 5.73 Å². The van der Waals surface area contributed by atoms with E-state index >= 15 is 0 Å². The lowest BCUT2D eigenvalue weighted by Crippen LogP contribution is -1.98. The quantitative estimate of drug-likeness (QED) is 0.537. The third kappa shape index (κ3) is 1.59. The smallest absolute Gasteiger partial charge is 0.160 e. The molecule has 0 aliphatic heterocycles. The highest BCUT2D eigenvalue weighted by atomic mass is 35.5. The van der Waals surface area contributed by atoms with Crippen LogP contribution in [0.15, 0.2) is 12.1 Å². The van der Waals surface area contributed by atoms with Crippen LogP contribution in [-0.4, -0.2) is 5.78 Å². The Hall–Kier alpha value is -1.02. The zero-order valence-corrected chi connectivity index (χ0v) is 7.77. The molecule has 12 heavy (non-hydrogen) atoms. The third-order valence-electron chi connectivity index (χ3n) is 1.72. The summed E-state index contributed by atoms with van der Waals surface area (Å²) >= 11 is 5.75. The number of rotatable bonds is 1. The second-order valence-electron chi connectivity index (χ2n) is 2.74. The van der Waals surface area contributed by atoms with E-state index in [1.165, 1.54) is 6.92 Å². The molecule has 0 atom stereocenters. The van der Waals surface area contributed by atoms with Gasteiger partial charge in [-0.15, -0.1) is 0 Å². The van der Waals surface area contributed by atoms with E-state index < -0.39 is 0 Å². The maximum absolute atomic E-state index is 11.0. The SMILES string of the molecule is CC(=O)c1cc(N)c(Cl)cc1C. The molecule has 2 N–H and O–H groups in total. The van der Waals surface area contributed by atoms with Gasteiger partial charge in [0.05, 0.1) is 10.7 Å². The van der Waals surface area contributed by atoms with Crippen molar-refractivity contribution in [3.05, 3.63) is 28.3 Å². The Morgan fingerprint density at radius 3 is 2.58 bits per heavy atom. The molecule has 0 unspecified atom stereocenters. The standard InChI is InChI=1S/C9H10ClNO/c1-5-3-8(10)9(11)4-7(5)6(2)12/h3-4H,11H2,1-2H3. The van der Waals surface area contributed by atoms with Crippen LogP contribution in [0.25, 0.3) is 0 Å². The van der Waals surface area contributed by atoms with Gasteiger partial charge in [-0.2, -0.15) is 0 Å². The van der Waals surface area contributed by atoms with E-state index in [0.29, 0.717) is 16.3 Å². The van der Waals surface area contributed by atoms with Crippen molar-refractivity contribution in [2.75, 3.05) is 5.73 Å². The van der Waals surface area contributed by atoms with Crippen molar-refractivity contribution in [3.8, 4) is 0 Å². The number of carbonyl (C=O) groups is 1. The first-order valence-corrected chi connectivity index (χ1v) is 3.96. The molecule has 0 radical (unpaired) electrons. The normalized spacial score (nSPS) is 9.92. The number of hydrogen-bond acceptors (Lipinski definition) is 2. The molecule has 0 saturated heterocycles. The molecule has 0 aromatic heterocycles. The van der Waals surface area contributed by atoms with Gasteiger partial charge in [-0.3, -0.25) is 4.79 Å². The van der Waals surface area contributed by atoms with Crippen LogP contribution in [0, 0.1) is 6.92 Å². The van der Waals surface area contributed by atoms with E-state index in [9.17, 15) is 4.79 Å². The largest absolute Gasteiger partial charge is 0.398 e. The van der Waals surface area contributed by atoms with Crippen LogP contribution in [-0.2, 0) is 0 Å². The fourth-order valence-electron chi connectivity index (χ4n) is 1.07. The van der Waals surface area contributed by atoms with Crippen LogP contribution in [0.4, 0.5) is 5.69 Å². The number of Topliss-reactive ketones (excluding diaryl/α,β-unsaturated/α-hetero) is 1. The van der Waals surface area contributed by atoms with E-state index in [1.54, 1.807) is 12.1 Å². The number of ketones is 1. The first-order valence-electron chi connectivity index (χ1n) is 3.59. The van der Waals surface area contributed by atoms with Gasteiger partial charge in [0.2, 0.25) is 0 Å². The summed E-state index contributed by atoms with van der Waals surface area (Å²) in [6, 6.07) is 3.31. The predicted octanol–water partition coefficient (Wildman–Crippen LogP) is 2.43. The molecular weight excluding hydrogens is 174 g/mol. The van der Waals surface area contributed by atoms with E-state index in [-0.39, 0.29) is 5.78 Å². The van der Waals surface area contributed by atoms with Crippen LogP contribution in [0.3, 0.4) is 0 Å². The molecule has 0 fully saturated rings. The van der Waals surface area contributed by atoms with Crippen molar-refractivity contribution < 1.29 is 4.79 Å². The lowest BCUT2D eigenvalue weighted by molar-refractivity contribution is 0.101. The summed E-state index contributed by atoms with van der Waals surface area (Å²) in [6.45, 7) is 3.34. The number of nitrogen functional groups attached to an aromatic ring is 1. The highest BCUT2D eigenvalue weighted by molar-refractivity contribution is 6.33. The van der Waals surface area contributed by atoms with Gasteiger partial charge in [0, 0.05) is 5.56 Å². The Kier molecular flexibility index (Phi) is 2.38. The molecule has 1 rings (SSSR count). The lowest BCUT2D eigenvalue weighted by atomic mass is 10.1. The van der Waals surface area contributed by atoms with Crippen molar-refractivity contribution in [2.24, 2.45) is 0 Å². The predicted molar refractivity (Wildman–Crippen MR) is 50.6 cm³/mol. The van der Waals surface area contributed by atoms with Crippen LogP contribution in [0.2, 0.25) is 5.02 Å². The average Bonchev–Trinajstić information content (AvgIpc) is 1.96. The zero-order chi connectivity index (χ0) is 9.30. The summed E-state index contributed by atoms with van der Waals surface area (Å²) in [7, 11) is 0. The first kappa shape index (κ1) is 9.07. The Bertz CT molecular complexity index is 334. The van der Waals surface area contributed by atoms with Crippen molar-refractivity contribution in [1.82, 2.24) is 0 Å². The maximum Gasteiger partial charge on any atom is 0.160 e. The highest BCUT2D eigenvalue weighted by Crippen LogP contribution is 2.23. The number of halogens is 1. The number of anilines is 1. The van der Waals surface area contributed by atoms with E-state index in [0.717, 1.165) is 5.56 Å². The Balaban J connectivity index is 3.33. The molecule has 0 bridgehead atoms. The van der Waals surface area contributed by atoms with Gasteiger partial charge >= 0.3 is 0 Å². The minimum Gasteiger partial charge on any atom is -0.398 e. The maximum atomic E-state index is 11.0. The van der Waals surface area contributed by atoms with Gasteiger partial charge in [0.25, 0.3) is 0 Å². The molecule has 1 aromatic carbocycles. The van der Waals surface area contributed by atoms with E-state index in [2.05, 4.69) is 0 Å². The second kappa shape index (κ2) is 3.15. The average molecular weight is 184 g/mol. The van der Waals surface area contributed by atoms with Crippen LogP contribution < -0.4 is 5.73 Å². The number of aryl methyl sites for hydroxylation is 1. The molecular formula is C9H10ClNO. The van der Waals surface area contributed by atoms with E-state index in [1.807, 2.05) is 6.92 Å². The molecule has 0 aliphatic rings. The number of hydrogen-bond donors (Lipinski definition) is 1. The molecule has 0 aliphatic carbocycles. The molecule has 1 aromatic rings. The number of carbonyl (C=O) groups excluding carboxylic acids is 1. The minimum atomic E-state index is 0.0101. The van der Waals surface area contributed by atoms with E-state index in [4.69, 9.17) is 17.3 Å². The molecule has 2 nitrogen and oxygen atoms in total.